The van der Waals surface area contributed by atoms with Gasteiger partial charge in [0.2, 0.25) is 5.91 Å². The Labute approximate surface area is 297 Å². The van der Waals surface area contributed by atoms with Crippen LogP contribution in [0.5, 0.6) is 0 Å². The van der Waals surface area contributed by atoms with Crippen molar-refractivity contribution in [3.8, 4) is 0 Å². The number of sulfonamides is 1. The van der Waals surface area contributed by atoms with Gasteiger partial charge in [-0.2, -0.15) is 13.2 Å². The number of rotatable bonds is 8. The minimum atomic E-state index is -4.81. The Morgan fingerprint density at radius 1 is 1.04 bits per heavy atom. The molecule has 0 unspecified atom stereocenters. The zero-order valence-electron chi connectivity index (χ0n) is 28.6. The molecule has 2 aliphatic rings. The highest BCUT2D eigenvalue weighted by Crippen LogP contribution is 2.45. The number of nitrogens with one attached hydrogen (secondary N) is 1. The second-order valence-electron chi connectivity index (χ2n) is 13.6. The molecule has 1 aliphatic heterocycles. The molecule has 2 fully saturated rings. The highest BCUT2D eigenvalue weighted by atomic mass is 32.2. The van der Waals surface area contributed by atoms with Gasteiger partial charge in [-0.15, -0.1) is 0 Å². The summed E-state index contributed by atoms with van der Waals surface area (Å²) in [6.07, 6.45) is -4.77. The Balaban J connectivity index is 1.30. The van der Waals surface area contributed by atoms with Gasteiger partial charge in [0.15, 0.2) is 0 Å². The van der Waals surface area contributed by atoms with Crippen molar-refractivity contribution >= 4 is 44.3 Å². The molecule has 2 heterocycles. The van der Waals surface area contributed by atoms with E-state index in [1.54, 1.807) is 18.2 Å². The quantitative estimate of drug-likeness (QED) is 0.197. The molecule has 0 spiro atoms. The summed E-state index contributed by atoms with van der Waals surface area (Å²) in [5.41, 5.74) is 0.275. The molecule has 278 valence electrons. The number of piperidine rings is 1. The third kappa shape index (κ3) is 7.22. The molecule has 0 bridgehead atoms. The van der Waals surface area contributed by atoms with Crippen molar-refractivity contribution in [2.24, 2.45) is 18.9 Å². The van der Waals surface area contributed by atoms with Crippen LogP contribution in [-0.2, 0) is 32.8 Å². The second kappa shape index (κ2) is 14.1. The maximum atomic E-state index is 14.8. The lowest BCUT2D eigenvalue weighted by molar-refractivity contribution is -0.150. The number of halogens is 5. The fourth-order valence-electron chi connectivity index (χ4n) is 7.50. The second-order valence-corrected chi connectivity index (χ2v) is 15.5. The maximum Gasteiger partial charge on any atom is 0.416 e. The number of alkyl halides is 4. The summed E-state index contributed by atoms with van der Waals surface area (Å²) < 4.78 is 98.9. The number of fused-ring (bicyclic) bond motifs is 1. The van der Waals surface area contributed by atoms with Crippen LogP contribution in [0.2, 0.25) is 0 Å². The van der Waals surface area contributed by atoms with Crippen molar-refractivity contribution in [1.29, 1.82) is 0 Å². The predicted molar refractivity (Wildman–Crippen MR) is 184 cm³/mol. The Bertz CT molecular complexity index is 2110. The summed E-state index contributed by atoms with van der Waals surface area (Å²) in [5.74, 6) is -6.25. The number of benzene rings is 3. The van der Waals surface area contributed by atoms with Gasteiger partial charge in [-0.25, -0.2) is 22.2 Å². The van der Waals surface area contributed by atoms with E-state index in [1.165, 1.54) is 31.3 Å². The van der Waals surface area contributed by atoms with E-state index in [4.69, 9.17) is 0 Å². The van der Waals surface area contributed by atoms with Gasteiger partial charge >= 0.3 is 12.1 Å². The lowest BCUT2D eigenvalue weighted by Gasteiger charge is -2.45. The molecule has 10 nitrogen and oxygen atoms in total. The van der Waals surface area contributed by atoms with E-state index in [1.807, 2.05) is 23.4 Å². The third-order valence-electron chi connectivity index (χ3n) is 10.4. The van der Waals surface area contributed by atoms with Gasteiger partial charge in [0.1, 0.15) is 17.8 Å². The average Bonchev–Trinajstić information content (AvgIpc) is 3.39. The number of carbonyl (C=O) groups is 2. The normalized spacial score (nSPS) is 23.0. The number of carboxylic acid groups (broad SMARTS) is 1. The summed E-state index contributed by atoms with van der Waals surface area (Å²) in [6.45, 7) is 2.41. The molecular formula is C36H38F5N5O5S. The predicted octanol–water partition coefficient (Wildman–Crippen LogP) is 6.50. The first kappa shape index (κ1) is 37.2. The Hall–Kier alpha value is -4.57. The topological polar surface area (TPSA) is 125 Å². The van der Waals surface area contributed by atoms with E-state index in [2.05, 4.69) is 10.3 Å². The molecule has 2 N–H and O–H groups in total. The van der Waals surface area contributed by atoms with Gasteiger partial charge in [-0.1, -0.05) is 12.1 Å². The van der Waals surface area contributed by atoms with Gasteiger partial charge in [-0.05, 0) is 99.2 Å². The molecule has 5 atom stereocenters. The fraction of sp³-hybridized carbons (Fsp3) is 0.417. The van der Waals surface area contributed by atoms with Gasteiger partial charge < -0.3 is 15.0 Å². The van der Waals surface area contributed by atoms with Gasteiger partial charge in [0.05, 0.1) is 44.7 Å². The van der Waals surface area contributed by atoms with Crippen LogP contribution in [0.15, 0.2) is 65.6 Å². The summed E-state index contributed by atoms with van der Waals surface area (Å²) in [6, 6.07) is 12.1. The van der Waals surface area contributed by atoms with Crippen LogP contribution in [0.4, 0.5) is 33.3 Å². The van der Waals surface area contributed by atoms with Crippen molar-refractivity contribution in [3.63, 3.8) is 0 Å². The summed E-state index contributed by atoms with van der Waals surface area (Å²) >= 11 is 0. The van der Waals surface area contributed by atoms with Crippen LogP contribution >= 0.6 is 0 Å². The molecule has 1 aliphatic carbocycles. The van der Waals surface area contributed by atoms with Crippen LogP contribution in [-0.4, -0.2) is 72.2 Å². The SMILES string of the molecule is Cc1nc2cc(S(=O)(=O)N(C)c3ccc([C@H]4C[C@@H](N5CCC[C@H](F)C5)C[C@@H](C(=O)Nc5ccc(C(F)(F)F)cc5F)[C@@H]4C(=O)O)cc3)ccc2n1C. The zero-order chi connectivity index (χ0) is 37.7. The number of imidazole rings is 1. The van der Waals surface area contributed by atoms with Crippen LogP contribution < -0.4 is 9.62 Å². The molecular weight excluding hydrogens is 709 g/mol. The number of nitrogens with zero attached hydrogens (tertiary/aromatic N) is 4. The number of carboxylic acids is 1. The van der Waals surface area contributed by atoms with Gasteiger partial charge in [0.25, 0.3) is 10.0 Å². The molecule has 1 saturated carbocycles. The minimum Gasteiger partial charge on any atom is -0.481 e. The summed E-state index contributed by atoms with van der Waals surface area (Å²) in [4.78, 5) is 33.0. The van der Waals surface area contributed by atoms with E-state index in [-0.39, 0.29) is 36.0 Å². The standard InChI is InChI=1S/C36H38F5N5O5S/c1-20-42-31-18-26(11-13-32(31)44(20)2)52(50,51)45(3)24-9-6-21(7-10-24)27-16-25(46-14-4-5-23(37)19-46)17-28(33(27)35(48)49)34(47)43-30-12-8-22(15-29(30)38)36(39,40)41/h6-13,15,18,23,25,27-28,33H,4-5,14,16-17,19H2,1-3H3,(H,43,47)(H,48,49)/t23-,25+,27+,28+,33+/m0/s1. The maximum absolute atomic E-state index is 14.8. The average molecular weight is 748 g/mol. The van der Waals surface area contributed by atoms with Gasteiger partial charge in [0, 0.05) is 26.7 Å². The van der Waals surface area contributed by atoms with E-state index >= 15 is 0 Å². The number of likely N-dealkylation sites (tertiary alicyclic amines) is 1. The van der Waals surface area contributed by atoms with E-state index in [0.717, 1.165) is 21.7 Å². The molecule has 3 aromatic carbocycles. The fourth-order valence-corrected chi connectivity index (χ4v) is 8.72. The number of aliphatic carboxylic acids is 1. The number of amides is 1. The molecule has 4 aromatic rings. The molecule has 1 aromatic heterocycles. The van der Waals surface area contributed by atoms with Crippen molar-refractivity contribution in [2.45, 2.75) is 61.8 Å². The largest absolute Gasteiger partial charge is 0.481 e. The smallest absolute Gasteiger partial charge is 0.416 e. The van der Waals surface area contributed by atoms with Gasteiger partial charge in [-0.3, -0.25) is 18.8 Å². The summed E-state index contributed by atoms with van der Waals surface area (Å²) in [7, 11) is -0.824. The van der Waals surface area contributed by atoms with E-state index in [9.17, 15) is 45.1 Å². The van der Waals surface area contributed by atoms with E-state index < -0.39 is 75.1 Å². The molecule has 0 radical (unpaired) electrons. The Kier molecular flexibility index (Phi) is 10.1. The zero-order valence-corrected chi connectivity index (χ0v) is 29.4. The first-order valence-electron chi connectivity index (χ1n) is 16.8. The lowest BCUT2D eigenvalue weighted by Crippen LogP contribution is -2.52. The number of hydrogen-bond donors (Lipinski definition) is 2. The van der Waals surface area contributed by atoms with Crippen molar-refractivity contribution in [1.82, 2.24) is 14.5 Å². The molecule has 16 heteroatoms. The monoisotopic (exact) mass is 747 g/mol. The molecule has 1 amide bonds. The first-order valence-corrected chi connectivity index (χ1v) is 18.2. The third-order valence-corrected chi connectivity index (χ3v) is 12.2. The Morgan fingerprint density at radius 2 is 1.75 bits per heavy atom. The van der Waals surface area contributed by atoms with Crippen LogP contribution in [0, 0.1) is 24.6 Å². The highest BCUT2D eigenvalue weighted by molar-refractivity contribution is 7.92. The lowest BCUT2D eigenvalue weighted by atomic mass is 9.66. The molecule has 6 rings (SSSR count). The van der Waals surface area contributed by atoms with Crippen LogP contribution in [0.25, 0.3) is 11.0 Å². The molecule has 1 saturated heterocycles. The minimum absolute atomic E-state index is 0.00647. The van der Waals surface area contributed by atoms with Crippen LogP contribution in [0.1, 0.15) is 48.6 Å². The van der Waals surface area contributed by atoms with E-state index in [0.29, 0.717) is 36.5 Å². The molecule has 52 heavy (non-hydrogen) atoms. The number of hydrogen-bond acceptors (Lipinski definition) is 6. The number of aryl methyl sites for hydroxylation is 2. The first-order chi connectivity index (χ1) is 24.4. The highest BCUT2D eigenvalue weighted by Gasteiger charge is 2.48. The van der Waals surface area contributed by atoms with Crippen LogP contribution in [0.3, 0.4) is 0 Å². The number of carbonyl (C=O) groups excluding carboxylic acids is 1. The van der Waals surface area contributed by atoms with Crippen molar-refractivity contribution in [3.05, 3.63) is 83.4 Å². The Morgan fingerprint density at radius 3 is 2.38 bits per heavy atom. The van der Waals surface area contributed by atoms with Crippen molar-refractivity contribution < 1.29 is 45.1 Å². The number of anilines is 2. The number of aromatic nitrogens is 2. The van der Waals surface area contributed by atoms with Crippen molar-refractivity contribution in [2.75, 3.05) is 29.8 Å². The summed E-state index contributed by atoms with van der Waals surface area (Å²) in [5, 5.41) is 12.8.